The normalized spacial score (nSPS) is 19.7. The van der Waals surface area contributed by atoms with Crippen LogP contribution in [0.1, 0.15) is 31.7 Å². The molecule has 18 heavy (non-hydrogen) atoms. The van der Waals surface area contributed by atoms with E-state index in [4.69, 9.17) is 0 Å². The number of carbonyl (C=O) groups is 1. The van der Waals surface area contributed by atoms with Gasteiger partial charge in [0, 0.05) is 10.9 Å². The molecular weight excluding hydrogens is 290 g/mol. The van der Waals surface area contributed by atoms with Gasteiger partial charge in [-0.2, -0.15) is 0 Å². The van der Waals surface area contributed by atoms with Gasteiger partial charge in [0.15, 0.2) is 0 Å². The van der Waals surface area contributed by atoms with E-state index in [0.717, 1.165) is 30.4 Å². The summed E-state index contributed by atoms with van der Waals surface area (Å²) in [6.07, 6.45) is 2.51. The second-order valence-corrected chi connectivity index (χ2v) is 6.08. The van der Waals surface area contributed by atoms with Crippen LogP contribution < -0.4 is 0 Å². The van der Waals surface area contributed by atoms with Gasteiger partial charge in [-0.1, -0.05) is 35.0 Å². The van der Waals surface area contributed by atoms with Crippen LogP contribution in [-0.2, 0) is 10.2 Å². The molecule has 2 rings (SSSR count). The predicted molar refractivity (Wildman–Crippen MR) is 77.8 cm³/mol. The highest BCUT2D eigenvalue weighted by Crippen LogP contribution is 2.37. The molecule has 1 saturated heterocycles. The maximum atomic E-state index is 12.5. The third-order valence-corrected chi connectivity index (χ3v) is 4.62. The molecule has 1 aromatic rings. The van der Waals surface area contributed by atoms with Crippen LogP contribution in [0.4, 0.5) is 0 Å². The Kier molecular flexibility index (Phi) is 4.23. The van der Waals surface area contributed by atoms with Crippen LogP contribution in [0.25, 0.3) is 0 Å². The van der Waals surface area contributed by atoms with Gasteiger partial charge in [0.05, 0.1) is 5.41 Å². The summed E-state index contributed by atoms with van der Waals surface area (Å²) >= 11 is 3.46. The van der Waals surface area contributed by atoms with Crippen LogP contribution in [0.5, 0.6) is 0 Å². The average Bonchev–Trinajstić information content (AvgIpc) is 2.40. The Labute approximate surface area is 117 Å². The van der Waals surface area contributed by atoms with Crippen molar-refractivity contribution in [1.29, 1.82) is 0 Å². The lowest BCUT2D eigenvalue weighted by Gasteiger charge is -2.40. The lowest BCUT2D eigenvalue weighted by Crippen LogP contribution is -2.45. The number of piperidine rings is 1. The topological polar surface area (TPSA) is 20.3 Å². The van der Waals surface area contributed by atoms with Gasteiger partial charge in [-0.3, -0.25) is 4.79 Å². The predicted octanol–water partition coefficient (Wildman–Crippen LogP) is 3.39. The zero-order valence-electron chi connectivity index (χ0n) is 11.1. The van der Waals surface area contributed by atoms with Gasteiger partial charge in [0.25, 0.3) is 0 Å². The van der Waals surface area contributed by atoms with Gasteiger partial charge in [-0.05, 0) is 50.7 Å². The molecule has 1 fully saturated rings. The third kappa shape index (κ3) is 2.52. The minimum atomic E-state index is -0.248. The Bertz CT molecular complexity index is 419. The summed E-state index contributed by atoms with van der Waals surface area (Å²) in [5, 5.41) is 0. The highest BCUT2D eigenvalue weighted by molar-refractivity contribution is 9.10. The van der Waals surface area contributed by atoms with Gasteiger partial charge in [0.2, 0.25) is 0 Å². The first kappa shape index (κ1) is 13.8. The summed E-state index contributed by atoms with van der Waals surface area (Å²) in [6, 6.07) is 8.28. The van der Waals surface area contributed by atoms with E-state index in [0.29, 0.717) is 12.2 Å². The van der Waals surface area contributed by atoms with Crippen LogP contribution in [0.3, 0.4) is 0 Å². The second-order valence-electron chi connectivity index (χ2n) is 5.17. The molecule has 1 aliphatic rings. The fourth-order valence-electron chi connectivity index (χ4n) is 2.84. The number of carbonyl (C=O) groups excluding carboxylic acids is 1. The largest absolute Gasteiger partial charge is 0.306 e. The molecule has 0 N–H and O–H groups in total. The summed E-state index contributed by atoms with van der Waals surface area (Å²) in [7, 11) is 2.13. The van der Waals surface area contributed by atoms with E-state index >= 15 is 0 Å². The lowest BCUT2D eigenvalue weighted by molar-refractivity contribution is -0.126. The molecule has 3 heteroatoms. The summed E-state index contributed by atoms with van der Waals surface area (Å²) < 4.78 is 1.07. The number of ketones is 1. The van der Waals surface area contributed by atoms with Crippen molar-refractivity contribution >= 4 is 21.7 Å². The minimum Gasteiger partial charge on any atom is -0.306 e. The van der Waals surface area contributed by atoms with Gasteiger partial charge in [-0.25, -0.2) is 0 Å². The number of likely N-dealkylation sites (tertiary alicyclic amines) is 1. The summed E-state index contributed by atoms with van der Waals surface area (Å²) in [5.74, 6) is 0.387. The van der Waals surface area contributed by atoms with Crippen LogP contribution >= 0.6 is 15.9 Å². The zero-order chi connectivity index (χ0) is 13.2. The molecule has 0 aromatic heterocycles. The molecule has 0 atom stereocenters. The van der Waals surface area contributed by atoms with E-state index in [1.54, 1.807) is 0 Å². The molecule has 1 aromatic carbocycles. The van der Waals surface area contributed by atoms with E-state index < -0.39 is 0 Å². The van der Waals surface area contributed by atoms with Crippen LogP contribution in [-0.4, -0.2) is 30.8 Å². The first-order valence-electron chi connectivity index (χ1n) is 6.56. The Balaban J connectivity index is 2.36. The number of hydrogen-bond acceptors (Lipinski definition) is 2. The Hall–Kier alpha value is -0.670. The summed E-state index contributed by atoms with van der Waals surface area (Å²) in [5.41, 5.74) is 0.938. The fourth-order valence-corrected chi connectivity index (χ4v) is 3.10. The lowest BCUT2D eigenvalue weighted by atomic mass is 9.69. The van der Waals surface area contributed by atoms with E-state index in [1.807, 2.05) is 19.1 Å². The van der Waals surface area contributed by atoms with Crippen molar-refractivity contribution in [3.8, 4) is 0 Å². The zero-order valence-corrected chi connectivity index (χ0v) is 12.7. The van der Waals surface area contributed by atoms with Gasteiger partial charge >= 0.3 is 0 Å². The standard InChI is InChI=1S/C15H20BrNO/c1-3-14(18)15(8-10-17(2)11-9-15)12-4-6-13(16)7-5-12/h4-7H,3,8-11H2,1-2H3. The van der Waals surface area contributed by atoms with Crippen molar-refractivity contribution in [2.75, 3.05) is 20.1 Å². The van der Waals surface area contributed by atoms with Crippen molar-refractivity contribution in [2.45, 2.75) is 31.6 Å². The van der Waals surface area contributed by atoms with Crippen molar-refractivity contribution in [1.82, 2.24) is 4.90 Å². The quantitative estimate of drug-likeness (QED) is 0.853. The number of rotatable bonds is 3. The molecule has 0 spiro atoms. The van der Waals surface area contributed by atoms with Crippen LogP contribution in [0.15, 0.2) is 28.7 Å². The van der Waals surface area contributed by atoms with E-state index in [9.17, 15) is 4.79 Å². The highest BCUT2D eigenvalue weighted by Gasteiger charge is 2.40. The van der Waals surface area contributed by atoms with Crippen molar-refractivity contribution in [2.24, 2.45) is 0 Å². The number of hydrogen-bond donors (Lipinski definition) is 0. The smallest absolute Gasteiger partial charge is 0.143 e. The molecule has 2 nitrogen and oxygen atoms in total. The number of Topliss-reactive ketones (excluding diaryl/α,β-unsaturated/α-hetero) is 1. The molecule has 98 valence electrons. The molecule has 0 amide bonds. The van der Waals surface area contributed by atoms with E-state index in [-0.39, 0.29) is 5.41 Å². The van der Waals surface area contributed by atoms with Gasteiger partial charge < -0.3 is 4.90 Å². The molecule has 0 aliphatic carbocycles. The number of benzene rings is 1. The Morgan fingerprint density at radius 2 is 1.83 bits per heavy atom. The maximum Gasteiger partial charge on any atom is 0.143 e. The van der Waals surface area contributed by atoms with E-state index in [1.165, 1.54) is 5.56 Å². The van der Waals surface area contributed by atoms with Crippen LogP contribution in [0, 0.1) is 0 Å². The van der Waals surface area contributed by atoms with Gasteiger partial charge in [-0.15, -0.1) is 0 Å². The van der Waals surface area contributed by atoms with Gasteiger partial charge in [0.1, 0.15) is 5.78 Å². The van der Waals surface area contributed by atoms with Crippen molar-refractivity contribution < 1.29 is 4.79 Å². The third-order valence-electron chi connectivity index (χ3n) is 4.09. The van der Waals surface area contributed by atoms with Crippen molar-refractivity contribution in [3.63, 3.8) is 0 Å². The second kappa shape index (κ2) is 5.54. The Morgan fingerprint density at radius 3 is 2.33 bits per heavy atom. The molecule has 0 radical (unpaired) electrons. The Morgan fingerprint density at radius 1 is 1.28 bits per heavy atom. The van der Waals surface area contributed by atoms with Crippen molar-refractivity contribution in [3.05, 3.63) is 34.3 Å². The average molecular weight is 310 g/mol. The molecule has 1 heterocycles. The molecule has 0 saturated carbocycles. The van der Waals surface area contributed by atoms with Crippen LogP contribution in [0.2, 0.25) is 0 Å². The molecular formula is C15H20BrNO. The summed E-state index contributed by atoms with van der Waals surface area (Å²) in [4.78, 5) is 14.8. The SMILES string of the molecule is CCC(=O)C1(c2ccc(Br)cc2)CCN(C)CC1. The number of nitrogens with zero attached hydrogens (tertiary/aromatic N) is 1. The minimum absolute atomic E-state index is 0.248. The van der Waals surface area contributed by atoms with E-state index in [2.05, 4.69) is 40.0 Å². The highest BCUT2D eigenvalue weighted by atomic mass is 79.9. The molecule has 1 aliphatic heterocycles. The monoisotopic (exact) mass is 309 g/mol. The fraction of sp³-hybridized carbons (Fsp3) is 0.533. The molecule has 0 unspecified atom stereocenters. The number of halogens is 1. The first-order chi connectivity index (χ1) is 8.58. The maximum absolute atomic E-state index is 12.5. The molecule has 0 bridgehead atoms. The first-order valence-corrected chi connectivity index (χ1v) is 7.35. The summed E-state index contributed by atoms with van der Waals surface area (Å²) in [6.45, 7) is 3.98.